The molecule has 0 bridgehead atoms. The molecule has 0 spiro atoms. The van der Waals surface area contributed by atoms with Crippen LogP contribution in [0.4, 0.5) is 0 Å². The highest BCUT2D eigenvalue weighted by Gasteiger charge is 2.19. The summed E-state index contributed by atoms with van der Waals surface area (Å²) >= 11 is 0. The minimum absolute atomic E-state index is 0.250. The predicted molar refractivity (Wildman–Crippen MR) is 80.6 cm³/mol. The van der Waals surface area contributed by atoms with Crippen LogP contribution in [-0.4, -0.2) is 17.8 Å². The van der Waals surface area contributed by atoms with E-state index in [1.54, 1.807) is 0 Å². The maximum absolute atomic E-state index is 8.91. The van der Waals surface area contributed by atoms with Gasteiger partial charge in [-0.05, 0) is 24.2 Å². The van der Waals surface area contributed by atoms with Crippen LogP contribution in [0.5, 0.6) is 0 Å². The summed E-state index contributed by atoms with van der Waals surface area (Å²) in [5, 5.41) is 8.91. The van der Waals surface area contributed by atoms with Gasteiger partial charge in [-0.3, -0.25) is 0 Å². The minimum Gasteiger partial charge on any atom is -0.396 e. The van der Waals surface area contributed by atoms with Crippen LogP contribution in [-0.2, 0) is 0 Å². The van der Waals surface area contributed by atoms with Crippen LogP contribution in [0.3, 0.4) is 0 Å². The van der Waals surface area contributed by atoms with Crippen molar-refractivity contribution in [3.63, 3.8) is 0 Å². The van der Waals surface area contributed by atoms with Crippen LogP contribution in [0.15, 0.2) is 0 Å². The van der Waals surface area contributed by atoms with E-state index < -0.39 is 0 Å². The molecule has 0 saturated carbocycles. The molecule has 0 rings (SSSR count). The first-order chi connectivity index (χ1) is 8.38. The number of rotatable bonds is 10. The van der Waals surface area contributed by atoms with Crippen molar-refractivity contribution in [1.82, 2.24) is 0 Å². The number of aliphatic hydroxyl groups is 1. The number of nitrogens with two attached hydrogens (primary N) is 1. The van der Waals surface area contributed by atoms with Crippen molar-refractivity contribution < 1.29 is 5.11 Å². The quantitative estimate of drug-likeness (QED) is 0.579. The first-order valence-electron chi connectivity index (χ1n) is 7.74. The lowest BCUT2D eigenvalue weighted by Crippen LogP contribution is -2.34. The molecule has 2 unspecified atom stereocenters. The zero-order valence-electron chi connectivity index (χ0n) is 13.0. The van der Waals surface area contributed by atoms with Gasteiger partial charge < -0.3 is 10.8 Å². The van der Waals surface area contributed by atoms with Crippen molar-refractivity contribution in [2.75, 3.05) is 6.61 Å². The molecule has 2 heteroatoms. The van der Waals surface area contributed by atoms with Crippen LogP contribution in [0.1, 0.15) is 79.1 Å². The van der Waals surface area contributed by atoms with Gasteiger partial charge in [0, 0.05) is 12.6 Å². The summed E-state index contributed by atoms with van der Waals surface area (Å²) in [5.74, 6) is 0.481. The van der Waals surface area contributed by atoms with Crippen molar-refractivity contribution in [3.05, 3.63) is 0 Å². The SMILES string of the molecule is CC(CO)CCCCCCCCC(N)C(C)(C)C. The molecular formula is C16H35NO. The van der Waals surface area contributed by atoms with Gasteiger partial charge in [0.15, 0.2) is 0 Å². The molecule has 0 aromatic heterocycles. The second-order valence-corrected chi connectivity index (χ2v) is 6.96. The lowest BCUT2D eigenvalue weighted by Gasteiger charge is -2.26. The number of unbranched alkanes of at least 4 members (excludes halogenated alkanes) is 5. The van der Waals surface area contributed by atoms with E-state index >= 15 is 0 Å². The summed E-state index contributed by atoms with van der Waals surface area (Å²) in [6.07, 6.45) is 10.2. The minimum atomic E-state index is 0.250. The lowest BCUT2D eigenvalue weighted by molar-refractivity contribution is 0.227. The Hall–Kier alpha value is -0.0800. The molecule has 0 radical (unpaired) electrons. The molecule has 18 heavy (non-hydrogen) atoms. The monoisotopic (exact) mass is 257 g/mol. The average Bonchev–Trinajstić information content (AvgIpc) is 2.30. The Morgan fingerprint density at radius 2 is 1.33 bits per heavy atom. The van der Waals surface area contributed by atoms with Crippen molar-refractivity contribution in [1.29, 1.82) is 0 Å². The molecule has 0 aromatic carbocycles. The van der Waals surface area contributed by atoms with Gasteiger partial charge in [-0.25, -0.2) is 0 Å². The molecule has 0 fully saturated rings. The van der Waals surface area contributed by atoms with Gasteiger partial charge in [-0.15, -0.1) is 0 Å². The van der Waals surface area contributed by atoms with Crippen LogP contribution >= 0.6 is 0 Å². The fourth-order valence-electron chi connectivity index (χ4n) is 2.09. The van der Waals surface area contributed by atoms with E-state index in [9.17, 15) is 0 Å². The second kappa shape index (κ2) is 9.80. The smallest absolute Gasteiger partial charge is 0.0456 e. The van der Waals surface area contributed by atoms with E-state index in [1.807, 2.05) is 0 Å². The summed E-state index contributed by atoms with van der Waals surface area (Å²) in [7, 11) is 0. The van der Waals surface area contributed by atoms with Gasteiger partial charge >= 0.3 is 0 Å². The molecule has 0 amide bonds. The van der Waals surface area contributed by atoms with Gasteiger partial charge in [0.05, 0.1) is 0 Å². The third kappa shape index (κ3) is 9.90. The fourth-order valence-corrected chi connectivity index (χ4v) is 2.09. The van der Waals surface area contributed by atoms with E-state index in [1.165, 1.54) is 44.9 Å². The Labute approximate surface area is 114 Å². The third-order valence-corrected chi connectivity index (χ3v) is 3.89. The van der Waals surface area contributed by atoms with Crippen LogP contribution < -0.4 is 5.73 Å². The van der Waals surface area contributed by atoms with Gasteiger partial charge in [-0.2, -0.15) is 0 Å². The van der Waals surface area contributed by atoms with Gasteiger partial charge in [0.1, 0.15) is 0 Å². The number of hydrogen-bond acceptors (Lipinski definition) is 2. The van der Waals surface area contributed by atoms with E-state index in [2.05, 4.69) is 27.7 Å². The number of aliphatic hydroxyl groups excluding tert-OH is 1. The molecule has 110 valence electrons. The molecule has 2 nitrogen and oxygen atoms in total. The summed E-state index contributed by atoms with van der Waals surface area (Å²) in [4.78, 5) is 0. The molecule has 0 heterocycles. The molecule has 3 N–H and O–H groups in total. The molecule has 0 aliphatic rings. The molecule has 0 saturated heterocycles. The summed E-state index contributed by atoms with van der Waals surface area (Å²) < 4.78 is 0. The first-order valence-corrected chi connectivity index (χ1v) is 7.74. The Balaban J connectivity index is 3.27. The highest BCUT2D eigenvalue weighted by Crippen LogP contribution is 2.22. The van der Waals surface area contributed by atoms with Gasteiger partial charge in [0.2, 0.25) is 0 Å². The first kappa shape index (κ1) is 17.9. The largest absolute Gasteiger partial charge is 0.396 e. The van der Waals surface area contributed by atoms with Crippen LogP contribution in [0.25, 0.3) is 0 Å². The zero-order chi connectivity index (χ0) is 14.0. The lowest BCUT2D eigenvalue weighted by atomic mass is 9.84. The van der Waals surface area contributed by atoms with Crippen molar-refractivity contribution >= 4 is 0 Å². The van der Waals surface area contributed by atoms with Crippen molar-refractivity contribution in [2.45, 2.75) is 85.1 Å². The van der Waals surface area contributed by atoms with Gasteiger partial charge in [-0.1, -0.05) is 66.2 Å². The third-order valence-electron chi connectivity index (χ3n) is 3.89. The van der Waals surface area contributed by atoms with Gasteiger partial charge in [0.25, 0.3) is 0 Å². The molecule has 0 aliphatic carbocycles. The van der Waals surface area contributed by atoms with Crippen molar-refractivity contribution in [3.8, 4) is 0 Å². The summed E-state index contributed by atoms with van der Waals surface area (Å²) in [5.41, 5.74) is 6.39. The predicted octanol–water partition coefficient (Wildman–Crippen LogP) is 4.11. The highest BCUT2D eigenvalue weighted by molar-refractivity contribution is 4.76. The Morgan fingerprint density at radius 1 is 0.889 bits per heavy atom. The molecule has 0 aliphatic heterocycles. The zero-order valence-corrected chi connectivity index (χ0v) is 13.0. The molecule has 2 atom stereocenters. The van der Waals surface area contributed by atoms with Crippen LogP contribution in [0, 0.1) is 11.3 Å². The highest BCUT2D eigenvalue weighted by atomic mass is 16.3. The average molecular weight is 257 g/mol. The normalized spacial score (nSPS) is 15.7. The maximum Gasteiger partial charge on any atom is 0.0456 e. The second-order valence-electron chi connectivity index (χ2n) is 6.96. The maximum atomic E-state index is 8.91. The standard InChI is InChI=1S/C16H35NO/c1-14(13-18)11-9-7-5-6-8-10-12-15(17)16(2,3)4/h14-15,18H,5-13,17H2,1-4H3. The Morgan fingerprint density at radius 3 is 1.78 bits per heavy atom. The fraction of sp³-hybridized carbons (Fsp3) is 1.00. The molecular weight excluding hydrogens is 222 g/mol. The van der Waals surface area contributed by atoms with Crippen molar-refractivity contribution in [2.24, 2.45) is 17.1 Å². The van der Waals surface area contributed by atoms with E-state index in [0.29, 0.717) is 18.6 Å². The Bertz CT molecular complexity index is 186. The summed E-state index contributed by atoms with van der Waals surface area (Å²) in [6, 6.07) is 0.336. The summed E-state index contributed by atoms with van der Waals surface area (Å²) in [6.45, 7) is 9.12. The van der Waals surface area contributed by atoms with E-state index in [0.717, 1.165) is 6.42 Å². The van der Waals surface area contributed by atoms with E-state index in [4.69, 9.17) is 10.8 Å². The Kier molecular flexibility index (Phi) is 9.76. The topological polar surface area (TPSA) is 46.2 Å². The molecule has 0 aromatic rings. The van der Waals surface area contributed by atoms with E-state index in [-0.39, 0.29) is 5.41 Å². The van der Waals surface area contributed by atoms with Crippen LogP contribution in [0.2, 0.25) is 0 Å². The number of hydrogen-bond donors (Lipinski definition) is 2.